The van der Waals surface area contributed by atoms with Gasteiger partial charge in [0.15, 0.2) is 11.5 Å². The summed E-state index contributed by atoms with van der Waals surface area (Å²) < 4.78 is 37.3. The SMILES string of the molecule is C=CCOc1ccc2c(c1)[C@H]1[C@H](CCCCO)[C@@H](CCCCO)C=C3C(=NOC)C[C@H](N(Cc4ccc5c(c4)OCO5)C(=O)OCC)[C@@](OCC=C)(O2)[C@H]31. The molecule has 54 heavy (non-hydrogen) atoms. The van der Waals surface area contributed by atoms with Crippen LogP contribution in [0.5, 0.6) is 23.0 Å². The molecule has 292 valence electrons. The van der Waals surface area contributed by atoms with Gasteiger partial charge in [0.05, 0.1) is 24.8 Å². The fourth-order valence-corrected chi connectivity index (χ4v) is 8.75. The molecule has 6 atom stereocenters. The van der Waals surface area contributed by atoms with Crippen molar-refractivity contribution in [2.75, 3.05) is 46.9 Å². The quantitative estimate of drug-likeness (QED) is 0.0887. The molecule has 2 N–H and O–H groups in total. The van der Waals surface area contributed by atoms with E-state index in [1.807, 2.05) is 30.3 Å². The molecule has 0 spiro atoms. The lowest BCUT2D eigenvalue weighted by molar-refractivity contribution is -0.256. The Morgan fingerprint density at radius 1 is 1.00 bits per heavy atom. The van der Waals surface area contributed by atoms with E-state index in [1.54, 1.807) is 24.0 Å². The second-order valence-electron chi connectivity index (χ2n) is 14.1. The third-order valence-electron chi connectivity index (χ3n) is 10.9. The zero-order valence-electron chi connectivity index (χ0n) is 31.5. The van der Waals surface area contributed by atoms with Crippen molar-refractivity contribution >= 4 is 11.8 Å². The van der Waals surface area contributed by atoms with E-state index in [0.717, 1.165) is 42.4 Å². The fourth-order valence-electron chi connectivity index (χ4n) is 8.75. The van der Waals surface area contributed by atoms with Gasteiger partial charge >= 0.3 is 6.09 Å². The summed E-state index contributed by atoms with van der Waals surface area (Å²) in [7, 11) is 1.53. The molecule has 2 aromatic carbocycles. The third kappa shape index (κ3) is 7.97. The molecule has 2 aromatic rings. The molecule has 2 aliphatic carbocycles. The van der Waals surface area contributed by atoms with E-state index in [2.05, 4.69) is 30.5 Å². The largest absolute Gasteiger partial charge is 0.490 e. The summed E-state index contributed by atoms with van der Waals surface area (Å²) in [6, 6.07) is 10.8. The maximum Gasteiger partial charge on any atom is 0.410 e. The van der Waals surface area contributed by atoms with Crippen LogP contribution in [0.25, 0.3) is 0 Å². The summed E-state index contributed by atoms with van der Waals surface area (Å²) in [4.78, 5) is 21.5. The number of amides is 1. The van der Waals surface area contributed by atoms with Crippen LogP contribution in [0.4, 0.5) is 4.79 Å². The number of aliphatic hydroxyl groups excluding tert-OH is 2. The molecule has 2 heterocycles. The van der Waals surface area contributed by atoms with Gasteiger partial charge in [-0.15, -0.1) is 6.58 Å². The zero-order chi connectivity index (χ0) is 38.1. The Balaban J connectivity index is 1.57. The van der Waals surface area contributed by atoms with Crippen molar-refractivity contribution in [1.82, 2.24) is 4.90 Å². The molecule has 12 heteroatoms. The minimum Gasteiger partial charge on any atom is -0.490 e. The number of allylic oxidation sites excluding steroid dienone is 1. The summed E-state index contributed by atoms with van der Waals surface area (Å²) >= 11 is 0. The molecular formula is C42H54N2O10. The fraction of sp³-hybridized carbons (Fsp3) is 0.524. The standard InChI is InChI=1S/C42H54N2O10/c1-5-20-50-30-15-17-35-33(24-30)39-31(13-9-11-19-46)29(12-8-10-18-45)23-32-34(43-48-4)25-38(42(54-35,40(32)39)53-21-6-2)44(41(47)49-7-3)26-28-14-16-36-37(22-28)52-27-51-36/h5-6,14-17,22-24,29,31,38-40,45-46H,1-2,7-13,18-21,25-27H2,3-4H3/t29-,31+,38-,39+,40+,42+/m0/s1. The van der Waals surface area contributed by atoms with E-state index in [1.165, 1.54) is 7.11 Å². The molecule has 1 saturated carbocycles. The van der Waals surface area contributed by atoms with Crippen molar-refractivity contribution in [2.45, 2.75) is 76.2 Å². The van der Waals surface area contributed by atoms with Crippen LogP contribution in [0.2, 0.25) is 0 Å². The van der Waals surface area contributed by atoms with Gasteiger partial charge in [-0.3, -0.25) is 4.90 Å². The highest BCUT2D eigenvalue weighted by Gasteiger charge is 2.65. The lowest BCUT2D eigenvalue weighted by atomic mass is 9.55. The highest BCUT2D eigenvalue weighted by atomic mass is 16.7. The van der Waals surface area contributed by atoms with Crippen LogP contribution < -0.4 is 18.9 Å². The smallest absolute Gasteiger partial charge is 0.410 e. The summed E-state index contributed by atoms with van der Waals surface area (Å²) in [5.74, 6) is 0.724. The first kappa shape index (κ1) is 39.2. The number of ether oxygens (including phenoxy) is 6. The number of rotatable bonds is 19. The molecule has 0 bridgehead atoms. The summed E-state index contributed by atoms with van der Waals surface area (Å²) in [5, 5.41) is 24.2. The first-order valence-electron chi connectivity index (χ1n) is 19.1. The van der Waals surface area contributed by atoms with Crippen molar-refractivity contribution in [3.8, 4) is 23.0 Å². The van der Waals surface area contributed by atoms with Crippen molar-refractivity contribution in [2.24, 2.45) is 22.9 Å². The molecule has 0 saturated heterocycles. The van der Waals surface area contributed by atoms with Crippen LogP contribution in [-0.2, 0) is 20.9 Å². The first-order valence-corrected chi connectivity index (χ1v) is 19.1. The number of unbranched alkanes of at least 4 members (excludes halogenated alkanes) is 2. The molecule has 0 unspecified atom stereocenters. The normalized spacial score (nSPS) is 25.4. The minimum absolute atomic E-state index is 0.0838. The highest BCUT2D eigenvalue weighted by Crippen LogP contribution is 2.62. The van der Waals surface area contributed by atoms with Gasteiger partial charge in [0, 0.05) is 37.7 Å². The molecule has 1 fully saturated rings. The van der Waals surface area contributed by atoms with Crippen LogP contribution in [0.3, 0.4) is 0 Å². The van der Waals surface area contributed by atoms with Crippen molar-refractivity contribution < 1.29 is 48.3 Å². The zero-order valence-corrected chi connectivity index (χ0v) is 31.5. The van der Waals surface area contributed by atoms with E-state index < -0.39 is 23.8 Å². The van der Waals surface area contributed by atoms with Gasteiger partial charge in [-0.25, -0.2) is 4.79 Å². The molecule has 4 aliphatic rings. The van der Waals surface area contributed by atoms with Gasteiger partial charge in [0.25, 0.3) is 0 Å². The number of oxime groups is 1. The lowest BCUT2D eigenvalue weighted by Crippen LogP contribution is -2.70. The first-order chi connectivity index (χ1) is 26.4. The van der Waals surface area contributed by atoms with E-state index in [4.69, 9.17) is 33.3 Å². The van der Waals surface area contributed by atoms with Gasteiger partial charge in [0.2, 0.25) is 12.6 Å². The predicted molar refractivity (Wildman–Crippen MR) is 203 cm³/mol. The molecule has 6 rings (SSSR count). The number of hydrogen-bond acceptors (Lipinski definition) is 11. The monoisotopic (exact) mass is 746 g/mol. The van der Waals surface area contributed by atoms with Crippen LogP contribution in [-0.4, -0.2) is 85.7 Å². The second-order valence-corrected chi connectivity index (χ2v) is 14.1. The summed E-state index contributed by atoms with van der Waals surface area (Å²) in [6.45, 7) is 10.8. The Morgan fingerprint density at radius 3 is 2.50 bits per heavy atom. The number of fused-ring (bicyclic) bond motifs is 3. The Morgan fingerprint density at radius 2 is 1.76 bits per heavy atom. The topological polar surface area (TPSA) is 138 Å². The van der Waals surface area contributed by atoms with Crippen LogP contribution >= 0.6 is 0 Å². The van der Waals surface area contributed by atoms with Gasteiger partial charge in [0.1, 0.15) is 31.3 Å². The maximum atomic E-state index is 14.3. The van der Waals surface area contributed by atoms with E-state index >= 15 is 0 Å². The van der Waals surface area contributed by atoms with Crippen LogP contribution in [0.1, 0.15) is 68.9 Å². The Hall–Kier alpha value is -4.52. The van der Waals surface area contributed by atoms with Gasteiger partial charge in [-0.05, 0) is 85.9 Å². The van der Waals surface area contributed by atoms with Gasteiger partial charge in [-0.1, -0.05) is 48.9 Å². The van der Waals surface area contributed by atoms with Crippen molar-refractivity contribution in [1.29, 1.82) is 0 Å². The van der Waals surface area contributed by atoms with Gasteiger partial charge in [-0.2, -0.15) is 0 Å². The van der Waals surface area contributed by atoms with Gasteiger partial charge < -0.3 is 43.5 Å². The summed E-state index contributed by atoms with van der Waals surface area (Å²) in [6.07, 6.45) is 10.1. The molecule has 12 nitrogen and oxygen atoms in total. The number of carbonyl (C=O) groups is 1. The predicted octanol–water partition coefficient (Wildman–Crippen LogP) is 6.90. The highest BCUT2D eigenvalue weighted by molar-refractivity contribution is 6.03. The molecule has 2 aliphatic heterocycles. The molecular weight excluding hydrogens is 692 g/mol. The van der Waals surface area contributed by atoms with Crippen LogP contribution in [0.15, 0.2) is 78.5 Å². The van der Waals surface area contributed by atoms with E-state index in [-0.39, 0.29) is 63.9 Å². The minimum atomic E-state index is -1.41. The van der Waals surface area contributed by atoms with Crippen molar-refractivity contribution in [3.05, 3.63) is 84.5 Å². The lowest BCUT2D eigenvalue weighted by Gasteiger charge is -2.59. The van der Waals surface area contributed by atoms with E-state index in [9.17, 15) is 15.0 Å². The Labute approximate surface area is 317 Å². The number of nitrogens with zero attached hydrogens (tertiary/aromatic N) is 2. The van der Waals surface area contributed by atoms with Crippen molar-refractivity contribution in [3.63, 3.8) is 0 Å². The average molecular weight is 747 g/mol. The number of aliphatic hydroxyl groups is 2. The number of hydrogen-bond donors (Lipinski definition) is 2. The molecule has 0 aromatic heterocycles. The number of benzene rings is 2. The average Bonchev–Trinajstić information content (AvgIpc) is 3.65. The van der Waals surface area contributed by atoms with E-state index in [0.29, 0.717) is 48.2 Å². The molecule has 1 amide bonds. The summed E-state index contributed by atoms with van der Waals surface area (Å²) in [5.41, 5.74) is 3.43. The maximum absolute atomic E-state index is 14.3. The third-order valence-corrected chi connectivity index (χ3v) is 10.9. The number of carbonyl (C=O) groups excluding carboxylic acids is 1. The Bertz CT molecular complexity index is 1690. The second kappa shape index (κ2) is 18.2. The van der Waals surface area contributed by atoms with Crippen LogP contribution in [0, 0.1) is 17.8 Å². The Kier molecular flexibility index (Phi) is 13.2. The molecule has 0 radical (unpaired) electrons.